The minimum absolute atomic E-state index is 0.146. The third kappa shape index (κ3) is 2.99. The zero-order valence-corrected chi connectivity index (χ0v) is 11.4. The topological polar surface area (TPSA) is 40.5 Å². The van der Waals surface area contributed by atoms with E-state index in [0.717, 1.165) is 25.3 Å². The van der Waals surface area contributed by atoms with Gasteiger partial charge in [0.15, 0.2) is 0 Å². The number of thioether (sulfide) groups is 1. The molecule has 4 heteroatoms. The number of rotatable bonds is 6. The van der Waals surface area contributed by atoms with Crippen LogP contribution in [0, 0.1) is 0 Å². The Hall–Kier alpha value is -1.16. The van der Waals surface area contributed by atoms with Crippen LogP contribution in [0.2, 0.25) is 0 Å². The van der Waals surface area contributed by atoms with Crippen molar-refractivity contribution < 1.29 is 9.90 Å². The quantitative estimate of drug-likeness (QED) is 0.803. The summed E-state index contributed by atoms with van der Waals surface area (Å²) in [5.74, 6) is 0.594. The molecule has 0 saturated heterocycles. The van der Waals surface area contributed by atoms with E-state index in [0.29, 0.717) is 0 Å². The van der Waals surface area contributed by atoms with Gasteiger partial charge in [0, 0.05) is 24.7 Å². The second kappa shape index (κ2) is 6.14. The first kappa shape index (κ1) is 13.3. The number of aliphatic carboxylic acids is 1. The first-order chi connectivity index (χ1) is 8.72. The minimum atomic E-state index is -0.708. The third-order valence-electron chi connectivity index (χ3n) is 3.36. The number of fused-ring (bicyclic) bond motifs is 1. The highest BCUT2D eigenvalue weighted by atomic mass is 32.2. The molecular formula is C14H19NO2S. The van der Waals surface area contributed by atoms with Crippen molar-refractivity contribution in [3.8, 4) is 0 Å². The average molecular weight is 265 g/mol. The minimum Gasteiger partial charge on any atom is -0.481 e. The summed E-state index contributed by atoms with van der Waals surface area (Å²) in [7, 11) is 0. The number of hydrogen-bond donors (Lipinski definition) is 1. The maximum Gasteiger partial charge on any atom is 0.304 e. The molecule has 1 unspecified atom stereocenters. The number of carbonyl (C=O) groups is 1. The largest absolute Gasteiger partial charge is 0.481 e. The van der Waals surface area contributed by atoms with Crippen molar-refractivity contribution in [1.82, 2.24) is 0 Å². The van der Waals surface area contributed by atoms with Gasteiger partial charge in [0.1, 0.15) is 0 Å². The Bertz CT molecular complexity index is 422. The summed E-state index contributed by atoms with van der Waals surface area (Å²) in [4.78, 5) is 13.2. The van der Waals surface area contributed by atoms with E-state index in [2.05, 4.69) is 23.3 Å². The Kier molecular flexibility index (Phi) is 4.53. The Labute approximate surface area is 112 Å². The van der Waals surface area contributed by atoms with Crippen LogP contribution < -0.4 is 4.90 Å². The molecule has 1 heterocycles. The van der Waals surface area contributed by atoms with Crippen LogP contribution in [0.5, 0.6) is 0 Å². The summed E-state index contributed by atoms with van der Waals surface area (Å²) in [6.45, 7) is 1.87. The zero-order chi connectivity index (χ0) is 13.0. The van der Waals surface area contributed by atoms with Gasteiger partial charge in [-0.15, -0.1) is 0 Å². The normalized spacial score (nSPS) is 17.8. The first-order valence-electron chi connectivity index (χ1n) is 6.27. The van der Waals surface area contributed by atoms with Crippen molar-refractivity contribution in [3.63, 3.8) is 0 Å². The number of benzene rings is 1. The van der Waals surface area contributed by atoms with Crippen LogP contribution in [0.4, 0.5) is 5.69 Å². The highest BCUT2D eigenvalue weighted by molar-refractivity contribution is 7.98. The van der Waals surface area contributed by atoms with Gasteiger partial charge in [-0.1, -0.05) is 18.2 Å². The van der Waals surface area contributed by atoms with Gasteiger partial charge in [-0.25, -0.2) is 0 Å². The number of carboxylic acid groups (broad SMARTS) is 1. The van der Waals surface area contributed by atoms with Gasteiger partial charge < -0.3 is 10.0 Å². The van der Waals surface area contributed by atoms with Crippen molar-refractivity contribution in [2.24, 2.45) is 0 Å². The van der Waals surface area contributed by atoms with Gasteiger partial charge in [0.25, 0.3) is 0 Å². The van der Waals surface area contributed by atoms with Crippen molar-refractivity contribution in [2.75, 3.05) is 30.0 Å². The summed E-state index contributed by atoms with van der Waals surface area (Å²) < 4.78 is 0. The molecule has 0 amide bonds. The number of para-hydroxylation sites is 1. The Morgan fingerprint density at radius 2 is 2.28 bits per heavy atom. The van der Waals surface area contributed by atoms with Gasteiger partial charge >= 0.3 is 5.97 Å². The fourth-order valence-corrected chi connectivity index (χ4v) is 3.00. The van der Waals surface area contributed by atoms with Crippen LogP contribution in [0.15, 0.2) is 24.3 Å². The molecule has 3 nitrogen and oxygen atoms in total. The lowest BCUT2D eigenvalue weighted by Gasteiger charge is -2.19. The SMILES string of the molecule is CSCCCN1CC(CC(=O)O)c2ccccc21. The molecular weight excluding hydrogens is 246 g/mol. The smallest absolute Gasteiger partial charge is 0.304 e. The molecule has 0 bridgehead atoms. The summed E-state index contributed by atoms with van der Waals surface area (Å²) in [5, 5.41) is 8.98. The maximum absolute atomic E-state index is 10.9. The standard InChI is InChI=1S/C14H19NO2S/c1-18-8-4-7-15-10-11(9-14(16)17)12-5-2-3-6-13(12)15/h2-3,5-6,11H,4,7-10H2,1H3,(H,16,17). The molecule has 0 spiro atoms. The second-order valence-corrected chi connectivity index (χ2v) is 5.63. The van der Waals surface area contributed by atoms with E-state index in [1.54, 1.807) is 0 Å². The van der Waals surface area contributed by atoms with Gasteiger partial charge in [0.05, 0.1) is 6.42 Å². The van der Waals surface area contributed by atoms with Crippen molar-refractivity contribution in [2.45, 2.75) is 18.8 Å². The molecule has 1 aliphatic heterocycles. The number of hydrogen-bond acceptors (Lipinski definition) is 3. The second-order valence-electron chi connectivity index (χ2n) is 4.65. The lowest BCUT2D eigenvalue weighted by atomic mass is 9.98. The fourth-order valence-electron chi connectivity index (χ4n) is 2.58. The Morgan fingerprint density at radius 3 is 3.00 bits per heavy atom. The molecule has 18 heavy (non-hydrogen) atoms. The van der Waals surface area contributed by atoms with Crippen LogP contribution >= 0.6 is 11.8 Å². The van der Waals surface area contributed by atoms with Gasteiger partial charge in [0.2, 0.25) is 0 Å². The summed E-state index contributed by atoms with van der Waals surface area (Å²) in [5.41, 5.74) is 2.42. The van der Waals surface area contributed by atoms with Gasteiger partial charge in [-0.05, 0) is 30.1 Å². The Morgan fingerprint density at radius 1 is 1.50 bits per heavy atom. The number of nitrogens with zero attached hydrogens (tertiary/aromatic N) is 1. The average Bonchev–Trinajstić information content (AvgIpc) is 2.68. The molecule has 1 aliphatic rings. The summed E-state index contributed by atoms with van der Waals surface area (Å²) in [6, 6.07) is 8.20. The molecule has 0 aromatic heterocycles. The van der Waals surface area contributed by atoms with E-state index < -0.39 is 5.97 Å². The molecule has 2 rings (SSSR count). The molecule has 0 aliphatic carbocycles. The fraction of sp³-hybridized carbons (Fsp3) is 0.500. The third-order valence-corrected chi connectivity index (χ3v) is 4.05. The number of anilines is 1. The summed E-state index contributed by atoms with van der Waals surface area (Å²) >= 11 is 1.86. The van der Waals surface area contributed by atoms with E-state index in [1.807, 2.05) is 23.9 Å². The van der Waals surface area contributed by atoms with Crippen molar-refractivity contribution >= 4 is 23.4 Å². The molecule has 98 valence electrons. The number of carboxylic acids is 1. The highest BCUT2D eigenvalue weighted by Gasteiger charge is 2.29. The first-order valence-corrected chi connectivity index (χ1v) is 7.66. The van der Waals surface area contributed by atoms with E-state index in [4.69, 9.17) is 5.11 Å². The van der Waals surface area contributed by atoms with E-state index in [-0.39, 0.29) is 12.3 Å². The molecule has 0 fully saturated rings. The van der Waals surface area contributed by atoms with Crippen LogP contribution in [0.1, 0.15) is 24.3 Å². The van der Waals surface area contributed by atoms with E-state index in [1.165, 1.54) is 11.3 Å². The van der Waals surface area contributed by atoms with Crippen LogP contribution in [-0.4, -0.2) is 36.2 Å². The lowest BCUT2D eigenvalue weighted by molar-refractivity contribution is -0.137. The zero-order valence-electron chi connectivity index (χ0n) is 10.6. The molecule has 1 aromatic carbocycles. The Balaban J connectivity index is 2.09. The van der Waals surface area contributed by atoms with Gasteiger partial charge in [-0.2, -0.15) is 11.8 Å². The predicted octanol–water partition coefficient (Wildman–Crippen LogP) is 2.82. The predicted molar refractivity (Wildman–Crippen MR) is 76.6 cm³/mol. The van der Waals surface area contributed by atoms with Crippen molar-refractivity contribution in [3.05, 3.63) is 29.8 Å². The molecule has 1 N–H and O–H groups in total. The van der Waals surface area contributed by atoms with E-state index in [9.17, 15) is 4.79 Å². The molecule has 1 aromatic rings. The highest BCUT2D eigenvalue weighted by Crippen LogP contribution is 2.37. The summed E-state index contributed by atoms with van der Waals surface area (Å²) in [6.07, 6.45) is 3.50. The molecule has 0 radical (unpaired) electrons. The monoisotopic (exact) mass is 265 g/mol. The van der Waals surface area contributed by atoms with Crippen LogP contribution in [-0.2, 0) is 4.79 Å². The molecule has 0 saturated carbocycles. The van der Waals surface area contributed by atoms with E-state index >= 15 is 0 Å². The van der Waals surface area contributed by atoms with Crippen LogP contribution in [0.25, 0.3) is 0 Å². The lowest BCUT2D eigenvalue weighted by Crippen LogP contribution is -2.24. The molecule has 1 atom stereocenters. The van der Waals surface area contributed by atoms with Gasteiger partial charge in [-0.3, -0.25) is 4.79 Å². The van der Waals surface area contributed by atoms with Crippen LogP contribution in [0.3, 0.4) is 0 Å². The van der Waals surface area contributed by atoms with Crippen molar-refractivity contribution in [1.29, 1.82) is 0 Å². The maximum atomic E-state index is 10.9.